The van der Waals surface area contributed by atoms with Gasteiger partial charge in [0, 0.05) is 37.3 Å². The largest absolute Gasteiger partial charge is 0.475 e. The Hall–Kier alpha value is -2.55. The van der Waals surface area contributed by atoms with Gasteiger partial charge in [-0.05, 0) is 50.5 Å². The maximum atomic E-state index is 14.0. The highest BCUT2D eigenvalue weighted by Gasteiger charge is 2.39. The van der Waals surface area contributed by atoms with Crippen LogP contribution in [0.4, 0.5) is 30.5 Å². The third-order valence-corrected chi connectivity index (χ3v) is 5.58. The van der Waals surface area contributed by atoms with Crippen LogP contribution in [-0.4, -0.2) is 47.8 Å². The van der Waals surface area contributed by atoms with Crippen LogP contribution in [0.5, 0.6) is 5.88 Å². The lowest BCUT2D eigenvalue weighted by atomic mass is 10.1. The molecule has 3 atom stereocenters. The van der Waals surface area contributed by atoms with E-state index in [1.807, 2.05) is 24.3 Å². The van der Waals surface area contributed by atoms with Gasteiger partial charge in [0.1, 0.15) is 0 Å². The van der Waals surface area contributed by atoms with E-state index in [0.717, 1.165) is 30.7 Å². The average Bonchev–Trinajstić information content (AvgIpc) is 3.07. The molecule has 9 heteroatoms. The van der Waals surface area contributed by atoms with Crippen molar-refractivity contribution >= 4 is 17.3 Å². The number of anilines is 3. The van der Waals surface area contributed by atoms with Gasteiger partial charge in [0.15, 0.2) is 0 Å². The molecule has 1 saturated heterocycles. The zero-order valence-corrected chi connectivity index (χ0v) is 17.7. The topological polar surface area (TPSA) is 59.5 Å². The molecule has 0 amide bonds. The Morgan fingerprint density at radius 3 is 2.55 bits per heavy atom. The number of ether oxygens (including phenoxy) is 2. The highest BCUT2D eigenvalue weighted by molar-refractivity contribution is 5.59. The molecular formula is C22H27F3N4O2. The summed E-state index contributed by atoms with van der Waals surface area (Å²) >= 11 is 0. The van der Waals surface area contributed by atoms with Gasteiger partial charge in [0.25, 0.3) is 5.88 Å². The summed E-state index contributed by atoms with van der Waals surface area (Å²) in [5.74, 6) is -3.75. The summed E-state index contributed by atoms with van der Waals surface area (Å²) < 4.78 is 51.8. The van der Waals surface area contributed by atoms with Crippen molar-refractivity contribution in [1.29, 1.82) is 0 Å². The maximum Gasteiger partial charge on any atom is 0.255 e. The van der Waals surface area contributed by atoms with E-state index in [1.165, 1.54) is 0 Å². The fraction of sp³-hybridized carbons (Fsp3) is 0.545. The molecule has 1 aliphatic carbocycles. The van der Waals surface area contributed by atoms with Gasteiger partial charge in [-0.15, -0.1) is 0 Å². The third-order valence-electron chi connectivity index (χ3n) is 5.58. The number of nitrogens with one attached hydrogen (secondary N) is 1. The van der Waals surface area contributed by atoms with Crippen molar-refractivity contribution in [2.75, 3.05) is 29.9 Å². The summed E-state index contributed by atoms with van der Waals surface area (Å²) in [6.07, 6.45) is 1.32. The second-order valence-corrected chi connectivity index (χ2v) is 8.46. The van der Waals surface area contributed by atoms with Crippen LogP contribution in [-0.2, 0) is 4.74 Å². The molecule has 6 nitrogen and oxygen atoms in total. The number of nitrogens with zero attached hydrogens (tertiary/aromatic N) is 3. The molecule has 2 aliphatic rings. The van der Waals surface area contributed by atoms with E-state index >= 15 is 0 Å². The lowest BCUT2D eigenvalue weighted by Crippen LogP contribution is -2.45. The van der Waals surface area contributed by atoms with Crippen molar-refractivity contribution in [2.45, 2.75) is 51.2 Å². The first-order valence-corrected chi connectivity index (χ1v) is 10.6. The molecule has 1 saturated carbocycles. The maximum absolute atomic E-state index is 14.0. The van der Waals surface area contributed by atoms with E-state index in [1.54, 1.807) is 0 Å². The Labute approximate surface area is 179 Å². The summed E-state index contributed by atoms with van der Waals surface area (Å²) in [5, 5.41) is 3.03. The smallest absolute Gasteiger partial charge is 0.255 e. The van der Waals surface area contributed by atoms with E-state index in [4.69, 9.17) is 9.47 Å². The molecule has 1 aromatic carbocycles. The highest BCUT2D eigenvalue weighted by Crippen LogP contribution is 2.39. The molecular weight excluding hydrogens is 409 g/mol. The van der Waals surface area contributed by atoms with Crippen LogP contribution < -0.4 is 15.0 Å². The molecule has 31 heavy (non-hydrogen) atoms. The van der Waals surface area contributed by atoms with Crippen LogP contribution >= 0.6 is 0 Å². The van der Waals surface area contributed by atoms with Crippen molar-refractivity contribution < 1.29 is 22.6 Å². The molecule has 2 heterocycles. The predicted molar refractivity (Wildman–Crippen MR) is 112 cm³/mol. The van der Waals surface area contributed by atoms with Crippen molar-refractivity contribution in [3.63, 3.8) is 0 Å². The van der Waals surface area contributed by atoms with Crippen molar-refractivity contribution in [2.24, 2.45) is 5.92 Å². The molecule has 2 aromatic rings. The Kier molecular flexibility index (Phi) is 6.22. The van der Waals surface area contributed by atoms with Crippen LogP contribution in [0.2, 0.25) is 0 Å². The first-order valence-electron chi connectivity index (χ1n) is 10.6. The van der Waals surface area contributed by atoms with Gasteiger partial charge >= 0.3 is 0 Å². The van der Waals surface area contributed by atoms with Gasteiger partial charge in [-0.2, -0.15) is 9.37 Å². The SMILES string of the molecule is C[C@@H]1CN(c2ccc(Nc3ncc(F)c(OCC4CCC(F)(F)C4)n3)cc2)C[C@H](C)O1. The van der Waals surface area contributed by atoms with Crippen LogP contribution in [0.1, 0.15) is 33.1 Å². The minimum Gasteiger partial charge on any atom is -0.475 e. The second-order valence-electron chi connectivity index (χ2n) is 8.46. The monoisotopic (exact) mass is 436 g/mol. The minimum atomic E-state index is -2.66. The van der Waals surface area contributed by atoms with Gasteiger partial charge in [-0.1, -0.05) is 0 Å². The summed E-state index contributed by atoms with van der Waals surface area (Å²) in [5.41, 5.74) is 1.83. The van der Waals surface area contributed by atoms with E-state index in [-0.39, 0.29) is 49.4 Å². The fourth-order valence-electron chi connectivity index (χ4n) is 4.17. The number of morpholine rings is 1. The summed E-state index contributed by atoms with van der Waals surface area (Å²) in [7, 11) is 0. The van der Waals surface area contributed by atoms with Gasteiger partial charge in [-0.25, -0.2) is 13.8 Å². The molecule has 1 N–H and O–H groups in total. The number of halogens is 3. The quantitative estimate of drug-likeness (QED) is 0.703. The van der Waals surface area contributed by atoms with Gasteiger partial charge < -0.3 is 19.7 Å². The van der Waals surface area contributed by atoms with Crippen LogP contribution in [0, 0.1) is 11.7 Å². The number of hydrogen-bond donors (Lipinski definition) is 1. The lowest BCUT2D eigenvalue weighted by molar-refractivity contribution is -0.00523. The van der Waals surface area contributed by atoms with Crippen LogP contribution in [0.15, 0.2) is 30.5 Å². The first kappa shape index (κ1) is 21.7. The number of hydrogen-bond acceptors (Lipinski definition) is 6. The van der Waals surface area contributed by atoms with Crippen molar-refractivity contribution in [3.05, 3.63) is 36.3 Å². The zero-order chi connectivity index (χ0) is 22.0. The summed E-state index contributed by atoms with van der Waals surface area (Å²) in [6, 6.07) is 7.78. The molecule has 0 radical (unpaired) electrons. The Balaban J connectivity index is 1.37. The third kappa shape index (κ3) is 5.58. The fourth-order valence-corrected chi connectivity index (χ4v) is 4.17. The number of benzene rings is 1. The standard InChI is InChI=1S/C22H27F3N4O2/c1-14-11-29(12-15(2)31-14)18-5-3-17(4-6-18)27-21-26-10-19(23)20(28-21)30-13-16-7-8-22(24,25)9-16/h3-6,10,14-16H,7-9,11-13H2,1-2H3,(H,26,27,28)/t14-,15+,16?. The minimum absolute atomic E-state index is 0.00799. The van der Waals surface area contributed by atoms with Crippen molar-refractivity contribution in [1.82, 2.24) is 9.97 Å². The molecule has 1 unspecified atom stereocenters. The van der Waals surface area contributed by atoms with E-state index in [9.17, 15) is 13.2 Å². The Morgan fingerprint density at radius 2 is 1.90 bits per heavy atom. The molecule has 168 valence electrons. The zero-order valence-electron chi connectivity index (χ0n) is 17.7. The highest BCUT2D eigenvalue weighted by atomic mass is 19.3. The lowest BCUT2D eigenvalue weighted by Gasteiger charge is -2.36. The number of rotatable bonds is 6. The Bertz CT molecular complexity index is 887. The van der Waals surface area contributed by atoms with E-state index in [2.05, 4.69) is 34.0 Å². The normalized spacial score (nSPS) is 25.5. The second kappa shape index (κ2) is 8.90. The number of aromatic nitrogens is 2. The van der Waals surface area contributed by atoms with Crippen molar-refractivity contribution in [3.8, 4) is 5.88 Å². The number of alkyl halides is 2. The molecule has 2 fully saturated rings. The molecule has 1 aliphatic heterocycles. The van der Waals surface area contributed by atoms with Gasteiger partial charge in [0.05, 0.1) is 25.0 Å². The van der Waals surface area contributed by atoms with Crippen LogP contribution in [0.3, 0.4) is 0 Å². The molecule has 0 spiro atoms. The average molecular weight is 436 g/mol. The molecule has 4 rings (SSSR count). The van der Waals surface area contributed by atoms with Gasteiger partial charge in [0.2, 0.25) is 17.7 Å². The summed E-state index contributed by atoms with van der Waals surface area (Å²) in [6.45, 7) is 5.77. The first-order chi connectivity index (χ1) is 14.8. The Morgan fingerprint density at radius 1 is 1.19 bits per heavy atom. The van der Waals surface area contributed by atoms with Gasteiger partial charge in [-0.3, -0.25) is 0 Å². The molecule has 0 bridgehead atoms. The molecule has 1 aromatic heterocycles. The predicted octanol–water partition coefficient (Wildman–Crippen LogP) is 4.79. The van der Waals surface area contributed by atoms with E-state index < -0.39 is 11.7 Å². The van der Waals surface area contributed by atoms with Crippen LogP contribution in [0.25, 0.3) is 0 Å². The summed E-state index contributed by atoms with van der Waals surface area (Å²) in [4.78, 5) is 10.3. The van der Waals surface area contributed by atoms with E-state index in [0.29, 0.717) is 6.42 Å².